The van der Waals surface area contributed by atoms with Crippen LogP contribution in [0, 0.1) is 0 Å². The molecule has 0 saturated carbocycles. The zero-order valence-electron chi connectivity index (χ0n) is 3.81. The number of carbonyl (C=O) groups excluding carboxylic acids is 2. The average molecular weight is 166 g/mol. The number of hydrogen-bond donors (Lipinski definition) is 1. The summed E-state index contributed by atoms with van der Waals surface area (Å²) >= 11 is 0. The van der Waals surface area contributed by atoms with E-state index in [1.807, 2.05) is 0 Å². The van der Waals surface area contributed by atoms with Gasteiger partial charge in [-0.05, 0) is 0 Å². The second-order valence-electron chi connectivity index (χ2n) is 0.192. The van der Waals surface area contributed by atoms with E-state index >= 15 is 0 Å². The van der Waals surface area contributed by atoms with Crippen LogP contribution in [0.2, 0.25) is 0 Å². The van der Waals surface area contributed by atoms with Crippen molar-refractivity contribution in [2.45, 2.75) is 0 Å². The third-order valence-corrected chi connectivity index (χ3v) is 0. The van der Waals surface area contributed by atoms with Gasteiger partial charge in [-0.25, -0.2) is 0 Å². The molecule has 0 aliphatic heterocycles. The van der Waals surface area contributed by atoms with Gasteiger partial charge >= 0.3 is 16.5 Å². The largest absolute Gasteiger partial charge is 2.00 e. The summed E-state index contributed by atoms with van der Waals surface area (Å²) in [4.78, 5) is 16.5. The van der Waals surface area contributed by atoms with E-state index in [0.717, 1.165) is 0 Å². The van der Waals surface area contributed by atoms with Gasteiger partial charge in [0.05, 0.1) is 0 Å². The smallest absolute Gasteiger partial charge is 0.554 e. The van der Waals surface area contributed by atoms with E-state index in [-0.39, 0.29) is 22.6 Å². The molecule has 0 aliphatic rings. The second kappa shape index (κ2) is 95.8. The van der Waals surface area contributed by atoms with E-state index in [0.29, 0.717) is 0 Å². The number of carboxylic acid groups (broad SMARTS) is 2. The van der Waals surface area contributed by atoms with Gasteiger partial charge in [0.15, 0.2) is 0 Å². The van der Waals surface area contributed by atoms with Crippen LogP contribution >= 0.6 is 0 Å². The van der Waals surface area contributed by atoms with E-state index in [9.17, 15) is 0 Å². The van der Waals surface area contributed by atoms with E-state index in [2.05, 4.69) is 0 Å². The first kappa shape index (κ1) is 26.2. The first-order chi connectivity index (χ1) is 2.83. The molecule has 52 valence electrons. The number of carbonyl (C=O) groups is 2. The first-order valence-corrected chi connectivity index (χ1v) is 0.943. The van der Waals surface area contributed by atoms with Gasteiger partial charge in [-0.2, -0.15) is 0 Å². The monoisotopic (exact) mass is 165 g/mol. The molecule has 3 N–H and O–H groups in total. The fourth-order valence-corrected chi connectivity index (χ4v) is 0. The molecule has 0 fully saturated rings. The van der Waals surface area contributed by atoms with E-state index in [4.69, 9.17) is 19.8 Å². The zero-order valence-corrected chi connectivity index (χ0v) is 4.80. The van der Waals surface area contributed by atoms with Crippen molar-refractivity contribution in [3.05, 3.63) is 0 Å². The van der Waals surface area contributed by atoms with Crippen LogP contribution in [-0.4, -0.2) is 12.9 Å². The van der Waals surface area contributed by atoms with Gasteiger partial charge in [-0.15, -0.1) is 0 Å². The molecule has 0 aromatic heterocycles. The molecule has 0 bridgehead atoms. The van der Waals surface area contributed by atoms with E-state index in [1.165, 1.54) is 0 Å². The zero-order chi connectivity index (χ0) is 5.41. The van der Waals surface area contributed by atoms with Crippen LogP contribution in [0.1, 0.15) is 0 Å². The van der Waals surface area contributed by atoms with Gasteiger partial charge < -0.3 is 26.0 Å². The Bertz CT molecular complexity index is 35.0. The molecule has 0 rings (SSSR count). The van der Waals surface area contributed by atoms with Gasteiger partial charge in [-0.1, -0.05) is 0 Å². The number of hydrogen-bond acceptors (Lipinski definition) is 5. The molecule has 0 unspecified atom stereocenters. The predicted octanol–water partition coefficient (Wildman–Crippen LogP) is -3.11. The molecular formula is C2H5NNiO4. The third kappa shape index (κ3) is 283. The topological polar surface area (TPSA) is 115 Å². The summed E-state index contributed by atoms with van der Waals surface area (Å²) in [6.45, 7) is -1.00. The van der Waals surface area contributed by atoms with Crippen molar-refractivity contribution in [1.82, 2.24) is 6.15 Å². The summed E-state index contributed by atoms with van der Waals surface area (Å²) in [5, 5.41) is 16.5. The minimum absolute atomic E-state index is 0. The SMILES string of the molecule is N.O=C[O-].O=C[O-].[Ni+2]. The quantitative estimate of drug-likeness (QED) is 0.302. The average Bonchev–Trinajstić information content (AvgIpc) is 1.39. The standard InChI is InChI=1S/2CH2O2.H3N.Ni/c2*2-1-3;;/h2*1H,(H,2,3);1H3;/q;;;+2/p-2. The molecule has 0 aromatic carbocycles. The maximum absolute atomic E-state index is 8.25. The summed E-state index contributed by atoms with van der Waals surface area (Å²) < 4.78 is 0. The molecule has 0 aliphatic carbocycles. The Labute approximate surface area is 56.2 Å². The Morgan fingerprint density at radius 1 is 1.00 bits per heavy atom. The molecule has 0 spiro atoms. The van der Waals surface area contributed by atoms with Crippen molar-refractivity contribution in [2.75, 3.05) is 0 Å². The molecule has 5 nitrogen and oxygen atoms in total. The summed E-state index contributed by atoms with van der Waals surface area (Å²) in [6.07, 6.45) is 0. The van der Waals surface area contributed by atoms with Crippen LogP contribution < -0.4 is 16.4 Å². The van der Waals surface area contributed by atoms with Crippen LogP contribution in [0.5, 0.6) is 0 Å². The van der Waals surface area contributed by atoms with Crippen LogP contribution in [0.4, 0.5) is 0 Å². The maximum atomic E-state index is 8.25. The normalized spacial score (nSPS) is 3.00. The fourth-order valence-electron chi connectivity index (χ4n) is 0. The van der Waals surface area contributed by atoms with Gasteiger partial charge in [0.25, 0.3) is 0 Å². The van der Waals surface area contributed by atoms with Crippen molar-refractivity contribution in [3.8, 4) is 0 Å². The Kier molecular flexibility index (Phi) is 314. The van der Waals surface area contributed by atoms with Crippen molar-refractivity contribution < 1.29 is 36.3 Å². The van der Waals surface area contributed by atoms with Gasteiger partial charge in [0.1, 0.15) is 0 Å². The van der Waals surface area contributed by atoms with Crippen molar-refractivity contribution in [3.63, 3.8) is 0 Å². The Morgan fingerprint density at radius 2 is 1.00 bits per heavy atom. The molecule has 0 amide bonds. The summed E-state index contributed by atoms with van der Waals surface area (Å²) in [6, 6.07) is 0. The summed E-state index contributed by atoms with van der Waals surface area (Å²) in [7, 11) is 0. The van der Waals surface area contributed by atoms with Crippen LogP contribution in [0.3, 0.4) is 0 Å². The third-order valence-electron chi connectivity index (χ3n) is 0. The fraction of sp³-hybridized carbons (Fsp3) is 0. The Balaban J connectivity index is -0.0000000160. The van der Waals surface area contributed by atoms with E-state index < -0.39 is 12.9 Å². The molecule has 0 heterocycles. The molecule has 0 aromatic rings. The van der Waals surface area contributed by atoms with Crippen molar-refractivity contribution in [2.24, 2.45) is 0 Å². The van der Waals surface area contributed by atoms with Gasteiger partial charge in [0.2, 0.25) is 0 Å². The summed E-state index contributed by atoms with van der Waals surface area (Å²) in [5.74, 6) is 0. The molecule has 0 radical (unpaired) electrons. The van der Waals surface area contributed by atoms with Gasteiger partial charge in [0, 0.05) is 12.9 Å². The van der Waals surface area contributed by atoms with E-state index in [1.54, 1.807) is 0 Å². The minimum atomic E-state index is -0.500. The number of rotatable bonds is 0. The molecule has 0 saturated heterocycles. The second-order valence-corrected chi connectivity index (χ2v) is 0.192. The van der Waals surface area contributed by atoms with Crippen LogP contribution in [0.25, 0.3) is 0 Å². The summed E-state index contributed by atoms with van der Waals surface area (Å²) in [5.41, 5.74) is 0. The first-order valence-electron chi connectivity index (χ1n) is 0.943. The van der Waals surface area contributed by atoms with Crippen LogP contribution in [0.15, 0.2) is 0 Å². The Morgan fingerprint density at radius 3 is 1.00 bits per heavy atom. The van der Waals surface area contributed by atoms with Crippen molar-refractivity contribution >= 4 is 12.9 Å². The van der Waals surface area contributed by atoms with Gasteiger partial charge in [-0.3, -0.25) is 0 Å². The molecule has 6 heteroatoms. The van der Waals surface area contributed by atoms with Crippen LogP contribution in [-0.2, 0) is 26.1 Å². The van der Waals surface area contributed by atoms with Crippen molar-refractivity contribution in [1.29, 1.82) is 0 Å². The molecule has 8 heavy (non-hydrogen) atoms. The minimum Gasteiger partial charge on any atom is -0.554 e. The molecular weight excluding hydrogens is 161 g/mol. The molecule has 0 atom stereocenters. The predicted molar refractivity (Wildman–Crippen MR) is 17.2 cm³/mol. The Hall–Kier alpha value is -0.606. The maximum Gasteiger partial charge on any atom is 2.00 e.